The van der Waals surface area contributed by atoms with E-state index in [4.69, 9.17) is 0 Å². The molecule has 0 aromatic heterocycles. The molecule has 0 aliphatic heterocycles. The van der Waals surface area contributed by atoms with Crippen molar-refractivity contribution in [1.82, 2.24) is 0 Å². The van der Waals surface area contributed by atoms with Gasteiger partial charge in [-0.25, -0.2) is 0 Å². The Balaban J connectivity index is 2.84. The highest BCUT2D eigenvalue weighted by Crippen LogP contribution is 2.11. The summed E-state index contributed by atoms with van der Waals surface area (Å²) in [6, 6.07) is 0. The molecular formula is C9H18S. The Morgan fingerprint density at radius 2 is 1.80 bits per heavy atom. The SMILES string of the molecule is C=C(S)CCCCCCC. The van der Waals surface area contributed by atoms with Crippen molar-refractivity contribution in [2.24, 2.45) is 0 Å². The maximum Gasteiger partial charge on any atom is -0.0227 e. The smallest absolute Gasteiger partial charge is 0.0227 e. The van der Waals surface area contributed by atoms with E-state index in [1.165, 1.54) is 32.1 Å². The lowest BCUT2D eigenvalue weighted by Crippen LogP contribution is -1.77. The van der Waals surface area contributed by atoms with Crippen LogP contribution in [0.25, 0.3) is 0 Å². The van der Waals surface area contributed by atoms with Gasteiger partial charge < -0.3 is 0 Å². The van der Waals surface area contributed by atoms with Crippen LogP contribution in [0, 0.1) is 0 Å². The zero-order valence-electron chi connectivity index (χ0n) is 6.90. The second-order valence-corrected chi connectivity index (χ2v) is 3.36. The van der Waals surface area contributed by atoms with Gasteiger partial charge in [-0.1, -0.05) is 39.2 Å². The van der Waals surface area contributed by atoms with Gasteiger partial charge in [0.1, 0.15) is 0 Å². The standard InChI is InChI=1S/C9H18S/c1-3-4-5-6-7-8-9(2)10/h10H,2-8H2,1H3. The molecule has 0 atom stereocenters. The monoisotopic (exact) mass is 158 g/mol. The fraction of sp³-hybridized carbons (Fsp3) is 0.778. The van der Waals surface area contributed by atoms with E-state index < -0.39 is 0 Å². The van der Waals surface area contributed by atoms with Crippen LogP contribution in [-0.4, -0.2) is 0 Å². The van der Waals surface area contributed by atoms with Gasteiger partial charge in [0, 0.05) is 0 Å². The molecule has 0 radical (unpaired) electrons. The van der Waals surface area contributed by atoms with Gasteiger partial charge in [-0.2, -0.15) is 0 Å². The lowest BCUT2D eigenvalue weighted by Gasteiger charge is -1.97. The summed E-state index contributed by atoms with van der Waals surface area (Å²) in [6.07, 6.45) is 7.76. The van der Waals surface area contributed by atoms with E-state index in [1.807, 2.05) is 0 Å². The van der Waals surface area contributed by atoms with Crippen molar-refractivity contribution in [3.63, 3.8) is 0 Å². The van der Waals surface area contributed by atoms with Crippen molar-refractivity contribution in [2.75, 3.05) is 0 Å². The van der Waals surface area contributed by atoms with Crippen LogP contribution in [0.1, 0.15) is 45.4 Å². The van der Waals surface area contributed by atoms with Crippen LogP contribution >= 0.6 is 12.6 Å². The third-order valence-electron chi connectivity index (χ3n) is 1.57. The molecule has 0 bridgehead atoms. The summed E-state index contributed by atoms with van der Waals surface area (Å²) in [5.74, 6) is 0. The zero-order chi connectivity index (χ0) is 7.82. The van der Waals surface area contributed by atoms with Gasteiger partial charge >= 0.3 is 0 Å². The molecular weight excluding hydrogens is 140 g/mol. The van der Waals surface area contributed by atoms with E-state index >= 15 is 0 Å². The highest BCUT2D eigenvalue weighted by atomic mass is 32.1. The summed E-state index contributed by atoms with van der Waals surface area (Å²) in [5.41, 5.74) is 0. The highest BCUT2D eigenvalue weighted by molar-refractivity contribution is 7.84. The summed E-state index contributed by atoms with van der Waals surface area (Å²) in [7, 11) is 0. The zero-order valence-corrected chi connectivity index (χ0v) is 7.79. The van der Waals surface area contributed by atoms with Crippen LogP contribution in [0.2, 0.25) is 0 Å². The third-order valence-corrected chi connectivity index (χ3v) is 1.79. The molecule has 0 aromatic carbocycles. The molecule has 0 rings (SSSR count). The molecule has 0 aliphatic carbocycles. The third kappa shape index (κ3) is 8.09. The van der Waals surface area contributed by atoms with Crippen molar-refractivity contribution in [3.05, 3.63) is 11.5 Å². The Kier molecular flexibility index (Phi) is 7.26. The van der Waals surface area contributed by atoms with Crippen LogP contribution < -0.4 is 0 Å². The van der Waals surface area contributed by atoms with E-state index in [1.54, 1.807) is 0 Å². The Morgan fingerprint density at radius 3 is 2.30 bits per heavy atom. The number of hydrogen-bond acceptors (Lipinski definition) is 1. The van der Waals surface area contributed by atoms with Crippen LogP contribution in [0.15, 0.2) is 11.5 Å². The Morgan fingerprint density at radius 1 is 1.20 bits per heavy atom. The van der Waals surface area contributed by atoms with Crippen molar-refractivity contribution in [3.8, 4) is 0 Å². The highest BCUT2D eigenvalue weighted by Gasteiger charge is 1.88. The minimum atomic E-state index is 1.02. The molecule has 0 saturated heterocycles. The van der Waals surface area contributed by atoms with E-state index in [0.717, 1.165) is 11.3 Å². The molecule has 0 spiro atoms. The van der Waals surface area contributed by atoms with Gasteiger partial charge in [0.15, 0.2) is 0 Å². The molecule has 60 valence electrons. The fourth-order valence-electron chi connectivity index (χ4n) is 0.933. The average Bonchev–Trinajstić information content (AvgIpc) is 1.87. The Bertz CT molecular complexity index is 86.7. The molecule has 0 amide bonds. The number of unbranched alkanes of at least 4 members (excludes halogenated alkanes) is 4. The van der Waals surface area contributed by atoms with Crippen LogP contribution in [-0.2, 0) is 0 Å². The molecule has 0 unspecified atom stereocenters. The summed E-state index contributed by atoms with van der Waals surface area (Å²) < 4.78 is 0. The van der Waals surface area contributed by atoms with E-state index in [9.17, 15) is 0 Å². The molecule has 0 aromatic rings. The Hall–Kier alpha value is 0.0900. The summed E-state index contributed by atoms with van der Waals surface area (Å²) in [4.78, 5) is 1.02. The van der Waals surface area contributed by atoms with Crippen molar-refractivity contribution < 1.29 is 0 Å². The minimum Gasteiger partial charge on any atom is -0.149 e. The number of allylic oxidation sites excluding steroid dienone is 1. The predicted octanol–water partition coefficient (Wildman–Crippen LogP) is 3.79. The summed E-state index contributed by atoms with van der Waals surface area (Å²) >= 11 is 4.13. The van der Waals surface area contributed by atoms with Gasteiger partial charge in [-0.3, -0.25) is 0 Å². The van der Waals surface area contributed by atoms with Crippen LogP contribution in [0.3, 0.4) is 0 Å². The molecule has 0 saturated carbocycles. The molecule has 10 heavy (non-hydrogen) atoms. The van der Waals surface area contributed by atoms with Gasteiger partial charge in [0.05, 0.1) is 0 Å². The van der Waals surface area contributed by atoms with E-state index in [2.05, 4.69) is 26.1 Å². The van der Waals surface area contributed by atoms with Crippen LogP contribution in [0.4, 0.5) is 0 Å². The average molecular weight is 158 g/mol. The first-order chi connectivity index (χ1) is 4.77. The summed E-state index contributed by atoms with van der Waals surface area (Å²) in [6.45, 7) is 5.97. The largest absolute Gasteiger partial charge is 0.149 e. The molecule has 1 heteroatoms. The summed E-state index contributed by atoms with van der Waals surface area (Å²) in [5, 5.41) is 0. The second-order valence-electron chi connectivity index (χ2n) is 2.73. The van der Waals surface area contributed by atoms with Crippen molar-refractivity contribution in [1.29, 1.82) is 0 Å². The minimum absolute atomic E-state index is 1.02. The topological polar surface area (TPSA) is 0 Å². The van der Waals surface area contributed by atoms with Crippen molar-refractivity contribution >= 4 is 12.6 Å². The number of rotatable bonds is 6. The molecule has 0 heterocycles. The maximum atomic E-state index is 4.13. The molecule has 0 fully saturated rings. The van der Waals surface area contributed by atoms with Gasteiger partial charge in [-0.15, -0.1) is 12.6 Å². The fourth-order valence-corrected chi connectivity index (χ4v) is 1.09. The van der Waals surface area contributed by atoms with Crippen LogP contribution in [0.5, 0.6) is 0 Å². The lowest BCUT2D eigenvalue weighted by atomic mass is 10.1. The lowest BCUT2D eigenvalue weighted by molar-refractivity contribution is 0.636. The predicted molar refractivity (Wildman–Crippen MR) is 51.5 cm³/mol. The first-order valence-electron chi connectivity index (χ1n) is 4.14. The van der Waals surface area contributed by atoms with Crippen molar-refractivity contribution in [2.45, 2.75) is 45.4 Å². The number of thiol groups is 1. The number of hydrogen-bond donors (Lipinski definition) is 1. The first kappa shape index (κ1) is 10.1. The van der Waals surface area contributed by atoms with Gasteiger partial charge in [0.2, 0.25) is 0 Å². The second kappa shape index (κ2) is 7.20. The maximum absolute atomic E-state index is 4.13. The first-order valence-corrected chi connectivity index (χ1v) is 4.59. The van der Waals surface area contributed by atoms with Gasteiger partial charge in [-0.05, 0) is 17.7 Å². The molecule has 0 nitrogen and oxygen atoms in total. The van der Waals surface area contributed by atoms with Gasteiger partial charge in [0.25, 0.3) is 0 Å². The normalized spacial score (nSPS) is 9.80. The Labute approximate surface area is 70.1 Å². The van der Waals surface area contributed by atoms with E-state index in [0.29, 0.717) is 0 Å². The molecule has 0 aliphatic rings. The quantitative estimate of drug-likeness (QED) is 0.441. The van der Waals surface area contributed by atoms with E-state index in [-0.39, 0.29) is 0 Å². The molecule has 0 N–H and O–H groups in total.